The first-order valence-electron chi connectivity index (χ1n) is 8.19. The van der Waals surface area contributed by atoms with Crippen LogP contribution in [0.4, 0.5) is 0 Å². The van der Waals surface area contributed by atoms with Crippen LogP contribution in [0.25, 0.3) is 11.4 Å². The smallest absolute Gasteiger partial charge is 0.328 e. The SMILES string of the molecule is O=C(O)[C@@H]1COCCN1C(=O)c1cccc(-c2noc(C3CC3)n2)c1. The topological polar surface area (TPSA) is 106 Å². The molecule has 2 aliphatic rings. The number of carboxylic acid groups (broad SMARTS) is 1. The number of nitrogens with zero attached hydrogens (tertiary/aromatic N) is 3. The highest BCUT2D eigenvalue weighted by molar-refractivity contribution is 5.97. The van der Waals surface area contributed by atoms with E-state index >= 15 is 0 Å². The molecule has 1 saturated heterocycles. The lowest BCUT2D eigenvalue weighted by molar-refractivity contribution is -0.147. The van der Waals surface area contributed by atoms with Gasteiger partial charge in [0.1, 0.15) is 0 Å². The summed E-state index contributed by atoms with van der Waals surface area (Å²) in [6.45, 7) is 0.565. The standard InChI is InChI=1S/C17H17N3O5/c21-16(20-6-7-24-9-13(20)17(22)23)12-3-1-2-11(8-12)14-18-15(25-19-14)10-4-5-10/h1-3,8,10,13H,4-7,9H2,(H,22,23)/t13-/m0/s1. The van der Waals surface area contributed by atoms with Crippen molar-refractivity contribution in [2.75, 3.05) is 19.8 Å². The average Bonchev–Trinajstić information content (AvgIpc) is 3.38. The second kappa shape index (κ2) is 6.29. The van der Waals surface area contributed by atoms with Gasteiger partial charge in [-0.2, -0.15) is 4.98 Å². The minimum absolute atomic E-state index is 0.00362. The molecule has 1 aliphatic carbocycles. The summed E-state index contributed by atoms with van der Waals surface area (Å²) in [6, 6.07) is 5.87. The van der Waals surface area contributed by atoms with Gasteiger partial charge in [0.25, 0.3) is 5.91 Å². The minimum Gasteiger partial charge on any atom is -0.480 e. The monoisotopic (exact) mass is 343 g/mol. The molecule has 1 saturated carbocycles. The fourth-order valence-electron chi connectivity index (χ4n) is 2.86. The summed E-state index contributed by atoms with van der Waals surface area (Å²) >= 11 is 0. The van der Waals surface area contributed by atoms with Crippen LogP contribution in [-0.4, -0.2) is 57.8 Å². The molecule has 1 aliphatic heterocycles. The van der Waals surface area contributed by atoms with Gasteiger partial charge >= 0.3 is 5.97 Å². The van der Waals surface area contributed by atoms with Crippen LogP contribution in [0.1, 0.15) is 35.0 Å². The predicted molar refractivity (Wildman–Crippen MR) is 85.0 cm³/mol. The Morgan fingerprint density at radius 3 is 2.88 bits per heavy atom. The fourth-order valence-corrected chi connectivity index (χ4v) is 2.86. The van der Waals surface area contributed by atoms with Crippen molar-refractivity contribution in [3.8, 4) is 11.4 Å². The average molecular weight is 343 g/mol. The van der Waals surface area contributed by atoms with Crippen molar-refractivity contribution >= 4 is 11.9 Å². The number of hydrogen-bond donors (Lipinski definition) is 1. The van der Waals surface area contributed by atoms with E-state index in [0.717, 1.165) is 12.8 Å². The van der Waals surface area contributed by atoms with E-state index in [1.54, 1.807) is 24.3 Å². The Kier molecular flexibility index (Phi) is 3.96. The van der Waals surface area contributed by atoms with E-state index in [2.05, 4.69) is 10.1 Å². The second-order valence-electron chi connectivity index (χ2n) is 6.24. The van der Waals surface area contributed by atoms with Crippen LogP contribution in [0.2, 0.25) is 0 Å². The summed E-state index contributed by atoms with van der Waals surface area (Å²) < 4.78 is 10.4. The molecule has 0 bridgehead atoms. The molecule has 0 unspecified atom stereocenters. The summed E-state index contributed by atoms with van der Waals surface area (Å²) in [4.78, 5) is 29.8. The number of benzene rings is 1. The van der Waals surface area contributed by atoms with E-state index in [1.807, 2.05) is 0 Å². The molecule has 8 heteroatoms. The number of amides is 1. The molecular weight excluding hydrogens is 326 g/mol. The summed E-state index contributed by atoms with van der Waals surface area (Å²) in [7, 11) is 0. The molecule has 2 heterocycles. The zero-order valence-electron chi connectivity index (χ0n) is 13.4. The van der Waals surface area contributed by atoms with Gasteiger partial charge in [0.15, 0.2) is 6.04 Å². The molecule has 2 aromatic rings. The third kappa shape index (κ3) is 3.12. The zero-order chi connectivity index (χ0) is 17.4. The Hall–Kier alpha value is -2.74. The molecular formula is C17H17N3O5. The molecule has 1 amide bonds. The minimum atomic E-state index is -1.07. The normalized spacial score (nSPS) is 20.5. The third-order valence-electron chi connectivity index (χ3n) is 4.41. The molecule has 25 heavy (non-hydrogen) atoms. The van der Waals surface area contributed by atoms with Crippen LogP contribution in [0.3, 0.4) is 0 Å². The van der Waals surface area contributed by atoms with Crippen molar-refractivity contribution in [3.63, 3.8) is 0 Å². The molecule has 1 aromatic carbocycles. The van der Waals surface area contributed by atoms with Crippen LogP contribution >= 0.6 is 0 Å². The lowest BCUT2D eigenvalue weighted by Gasteiger charge is -2.32. The summed E-state index contributed by atoms with van der Waals surface area (Å²) in [5.74, 6) is 0.00908. The van der Waals surface area contributed by atoms with Crippen LogP contribution in [0.15, 0.2) is 28.8 Å². The Morgan fingerprint density at radius 1 is 1.28 bits per heavy atom. The molecule has 0 spiro atoms. The molecule has 0 radical (unpaired) electrons. The Balaban J connectivity index is 1.59. The fraction of sp³-hybridized carbons (Fsp3) is 0.412. The largest absolute Gasteiger partial charge is 0.480 e. The molecule has 8 nitrogen and oxygen atoms in total. The van der Waals surface area contributed by atoms with Crippen molar-refractivity contribution in [3.05, 3.63) is 35.7 Å². The van der Waals surface area contributed by atoms with Crippen molar-refractivity contribution in [2.45, 2.75) is 24.8 Å². The maximum atomic E-state index is 12.8. The summed E-state index contributed by atoms with van der Waals surface area (Å²) in [5, 5.41) is 13.3. The van der Waals surface area contributed by atoms with Crippen LogP contribution in [0, 0.1) is 0 Å². The van der Waals surface area contributed by atoms with Crippen LogP contribution < -0.4 is 0 Å². The van der Waals surface area contributed by atoms with E-state index in [-0.39, 0.29) is 19.1 Å². The van der Waals surface area contributed by atoms with Gasteiger partial charge in [-0.15, -0.1) is 0 Å². The number of carbonyl (C=O) groups is 2. The van der Waals surface area contributed by atoms with Gasteiger partial charge in [0.05, 0.1) is 13.2 Å². The highest BCUT2D eigenvalue weighted by atomic mass is 16.5. The highest BCUT2D eigenvalue weighted by Crippen LogP contribution is 2.39. The van der Waals surface area contributed by atoms with Crippen molar-refractivity contribution in [1.29, 1.82) is 0 Å². The first-order valence-corrected chi connectivity index (χ1v) is 8.19. The van der Waals surface area contributed by atoms with Crippen molar-refractivity contribution in [1.82, 2.24) is 15.0 Å². The van der Waals surface area contributed by atoms with Gasteiger partial charge in [-0.1, -0.05) is 17.3 Å². The third-order valence-corrected chi connectivity index (χ3v) is 4.41. The Bertz CT molecular complexity index is 814. The summed E-state index contributed by atoms with van der Waals surface area (Å²) in [5.41, 5.74) is 1.06. The summed E-state index contributed by atoms with van der Waals surface area (Å²) in [6.07, 6.45) is 2.13. The maximum absolute atomic E-state index is 12.8. The Morgan fingerprint density at radius 2 is 2.12 bits per heavy atom. The lowest BCUT2D eigenvalue weighted by Crippen LogP contribution is -2.52. The predicted octanol–water partition coefficient (Wildman–Crippen LogP) is 1.54. The molecule has 130 valence electrons. The number of aliphatic carboxylic acids is 1. The maximum Gasteiger partial charge on any atom is 0.328 e. The number of carbonyl (C=O) groups excluding carboxylic acids is 1. The molecule has 2 fully saturated rings. The molecule has 1 N–H and O–H groups in total. The molecule has 1 atom stereocenters. The van der Waals surface area contributed by atoms with Gasteiger partial charge in [0.2, 0.25) is 11.7 Å². The Labute approximate surface area is 143 Å². The van der Waals surface area contributed by atoms with Crippen LogP contribution in [-0.2, 0) is 9.53 Å². The van der Waals surface area contributed by atoms with E-state index in [9.17, 15) is 14.7 Å². The van der Waals surface area contributed by atoms with Crippen molar-refractivity contribution < 1.29 is 24.0 Å². The number of rotatable bonds is 4. The number of aromatic nitrogens is 2. The van der Waals surface area contributed by atoms with E-state index < -0.39 is 12.0 Å². The first-order chi connectivity index (χ1) is 12.1. The van der Waals surface area contributed by atoms with E-state index in [4.69, 9.17) is 9.26 Å². The quantitative estimate of drug-likeness (QED) is 0.897. The second-order valence-corrected chi connectivity index (χ2v) is 6.24. The number of carboxylic acids is 1. The molecule has 4 rings (SSSR count). The van der Waals surface area contributed by atoms with E-state index in [0.29, 0.717) is 35.4 Å². The van der Waals surface area contributed by atoms with Gasteiger partial charge in [-0.3, -0.25) is 4.79 Å². The van der Waals surface area contributed by atoms with Gasteiger partial charge in [0, 0.05) is 23.6 Å². The lowest BCUT2D eigenvalue weighted by atomic mass is 10.1. The number of ether oxygens (including phenoxy) is 1. The van der Waals surface area contributed by atoms with Gasteiger partial charge in [-0.25, -0.2) is 4.79 Å². The number of morpholine rings is 1. The highest BCUT2D eigenvalue weighted by Gasteiger charge is 2.33. The van der Waals surface area contributed by atoms with E-state index in [1.165, 1.54) is 4.90 Å². The van der Waals surface area contributed by atoms with Gasteiger partial charge in [-0.05, 0) is 25.0 Å². The number of hydrogen-bond acceptors (Lipinski definition) is 6. The van der Waals surface area contributed by atoms with Crippen molar-refractivity contribution in [2.24, 2.45) is 0 Å². The van der Waals surface area contributed by atoms with Crippen LogP contribution in [0.5, 0.6) is 0 Å². The zero-order valence-corrected chi connectivity index (χ0v) is 13.4. The van der Waals surface area contributed by atoms with Gasteiger partial charge < -0.3 is 19.3 Å². The molecule has 1 aromatic heterocycles. The first kappa shape index (κ1) is 15.8.